The zero-order valence-corrected chi connectivity index (χ0v) is 11.5. The van der Waals surface area contributed by atoms with Gasteiger partial charge in [-0.15, -0.1) is 10.2 Å². The minimum atomic E-state index is 0.324. The van der Waals surface area contributed by atoms with E-state index in [1.807, 2.05) is 16.5 Å². The van der Waals surface area contributed by atoms with Crippen molar-refractivity contribution in [3.63, 3.8) is 0 Å². The Balaban J connectivity index is 1.49. The quantitative estimate of drug-likeness (QED) is 0.785. The van der Waals surface area contributed by atoms with Gasteiger partial charge in [-0.05, 0) is 12.8 Å². The summed E-state index contributed by atoms with van der Waals surface area (Å²) in [5.74, 6) is 1.69. The maximum atomic E-state index is 12.1. The summed E-state index contributed by atoms with van der Waals surface area (Å²) in [7, 11) is 1.96. The number of carbonyl (C=O) groups excluding carboxylic acids is 1. The highest BCUT2D eigenvalue weighted by molar-refractivity contribution is 5.79. The summed E-state index contributed by atoms with van der Waals surface area (Å²) < 4.78 is 1.95. The smallest absolute Gasteiger partial charge is 0.225 e. The van der Waals surface area contributed by atoms with E-state index in [2.05, 4.69) is 15.1 Å². The van der Waals surface area contributed by atoms with E-state index in [0.29, 0.717) is 11.8 Å². The normalized spacial score (nSPS) is 21.4. The Bertz CT molecular complexity index is 446. The summed E-state index contributed by atoms with van der Waals surface area (Å²) in [4.78, 5) is 16.5. The minimum absolute atomic E-state index is 0.324. The van der Waals surface area contributed by atoms with Crippen LogP contribution in [-0.4, -0.2) is 56.7 Å². The fourth-order valence-electron chi connectivity index (χ4n) is 2.69. The van der Waals surface area contributed by atoms with Crippen LogP contribution in [0.1, 0.15) is 25.1 Å². The standard InChI is InChI=1S/C13H21N5O/c1-16-10-14-15-12(16)9-17-5-7-18(8-6-17)13(19)11-3-2-4-11/h10-11H,2-9H2,1H3. The molecule has 1 aliphatic carbocycles. The first-order valence-corrected chi connectivity index (χ1v) is 7.08. The van der Waals surface area contributed by atoms with E-state index in [0.717, 1.165) is 51.4 Å². The van der Waals surface area contributed by atoms with Crippen LogP contribution < -0.4 is 0 Å². The van der Waals surface area contributed by atoms with Crippen LogP contribution in [-0.2, 0) is 18.4 Å². The fourth-order valence-corrected chi connectivity index (χ4v) is 2.69. The molecule has 0 N–H and O–H groups in total. The lowest BCUT2D eigenvalue weighted by atomic mass is 9.84. The molecule has 6 heteroatoms. The van der Waals surface area contributed by atoms with Crippen molar-refractivity contribution in [3.05, 3.63) is 12.2 Å². The van der Waals surface area contributed by atoms with Gasteiger partial charge in [0.25, 0.3) is 0 Å². The molecule has 19 heavy (non-hydrogen) atoms. The predicted octanol–water partition coefficient (Wildman–Crippen LogP) is 0.259. The van der Waals surface area contributed by atoms with Gasteiger partial charge in [0.2, 0.25) is 5.91 Å². The van der Waals surface area contributed by atoms with Gasteiger partial charge in [-0.1, -0.05) is 6.42 Å². The lowest BCUT2D eigenvalue weighted by Crippen LogP contribution is -2.50. The number of aromatic nitrogens is 3. The second kappa shape index (κ2) is 5.28. The molecule has 1 aliphatic heterocycles. The first kappa shape index (κ1) is 12.6. The molecule has 0 aromatic carbocycles. The maximum Gasteiger partial charge on any atom is 0.225 e. The third kappa shape index (κ3) is 2.63. The molecule has 1 aromatic rings. The van der Waals surface area contributed by atoms with Crippen LogP contribution in [0.2, 0.25) is 0 Å². The number of hydrogen-bond acceptors (Lipinski definition) is 4. The first-order valence-electron chi connectivity index (χ1n) is 7.08. The summed E-state index contributed by atoms with van der Waals surface area (Å²) in [6.45, 7) is 4.40. The Morgan fingerprint density at radius 3 is 2.58 bits per heavy atom. The van der Waals surface area contributed by atoms with Gasteiger partial charge >= 0.3 is 0 Å². The maximum absolute atomic E-state index is 12.1. The molecule has 0 unspecified atom stereocenters. The SMILES string of the molecule is Cn1cnnc1CN1CCN(C(=O)C2CCC2)CC1. The molecule has 1 saturated heterocycles. The Morgan fingerprint density at radius 2 is 2.05 bits per heavy atom. The molecule has 0 bridgehead atoms. The van der Waals surface area contributed by atoms with Crippen LogP contribution >= 0.6 is 0 Å². The van der Waals surface area contributed by atoms with Crippen LogP contribution in [0.3, 0.4) is 0 Å². The van der Waals surface area contributed by atoms with Crippen molar-refractivity contribution < 1.29 is 4.79 Å². The Labute approximate surface area is 113 Å². The second-order valence-corrected chi connectivity index (χ2v) is 5.59. The largest absolute Gasteiger partial charge is 0.340 e. The number of aryl methyl sites for hydroxylation is 1. The molecule has 3 rings (SSSR count). The van der Waals surface area contributed by atoms with Crippen LogP contribution in [0.15, 0.2) is 6.33 Å². The Morgan fingerprint density at radius 1 is 1.32 bits per heavy atom. The number of hydrogen-bond donors (Lipinski definition) is 0. The zero-order valence-electron chi connectivity index (χ0n) is 11.5. The van der Waals surface area contributed by atoms with Crippen molar-refractivity contribution in [2.75, 3.05) is 26.2 Å². The van der Waals surface area contributed by atoms with Gasteiger partial charge in [-0.2, -0.15) is 0 Å². The fraction of sp³-hybridized carbons (Fsp3) is 0.769. The molecule has 2 heterocycles. The van der Waals surface area contributed by atoms with Crippen LogP contribution in [0.4, 0.5) is 0 Å². The molecule has 2 aliphatic rings. The number of rotatable bonds is 3. The van der Waals surface area contributed by atoms with Gasteiger partial charge in [0.1, 0.15) is 12.2 Å². The average Bonchev–Trinajstić information content (AvgIpc) is 2.74. The van der Waals surface area contributed by atoms with E-state index < -0.39 is 0 Å². The van der Waals surface area contributed by atoms with Crippen molar-refractivity contribution in [1.29, 1.82) is 0 Å². The zero-order chi connectivity index (χ0) is 13.2. The average molecular weight is 263 g/mol. The van der Waals surface area contributed by atoms with Gasteiger partial charge in [-0.3, -0.25) is 9.69 Å². The van der Waals surface area contributed by atoms with E-state index in [4.69, 9.17) is 0 Å². The van der Waals surface area contributed by atoms with Crippen LogP contribution in [0.25, 0.3) is 0 Å². The minimum Gasteiger partial charge on any atom is -0.340 e. The van der Waals surface area contributed by atoms with Gasteiger partial charge in [-0.25, -0.2) is 0 Å². The van der Waals surface area contributed by atoms with E-state index in [9.17, 15) is 4.79 Å². The van der Waals surface area contributed by atoms with Crippen molar-refractivity contribution in [1.82, 2.24) is 24.6 Å². The molecular weight excluding hydrogens is 242 g/mol. The van der Waals surface area contributed by atoms with Crippen molar-refractivity contribution >= 4 is 5.91 Å². The van der Waals surface area contributed by atoms with Gasteiger partial charge in [0, 0.05) is 39.1 Å². The molecule has 1 aromatic heterocycles. The third-order valence-corrected chi connectivity index (χ3v) is 4.31. The highest BCUT2D eigenvalue weighted by Gasteiger charge is 2.31. The first-order chi connectivity index (χ1) is 9.24. The monoisotopic (exact) mass is 263 g/mol. The summed E-state index contributed by atoms with van der Waals surface area (Å²) in [5, 5.41) is 8.00. The summed E-state index contributed by atoms with van der Waals surface area (Å²) in [6, 6.07) is 0. The van der Waals surface area contributed by atoms with Crippen LogP contribution in [0, 0.1) is 5.92 Å². The predicted molar refractivity (Wildman–Crippen MR) is 70.2 cm³/mol. The van der Waals surface area contributed by atoms with Crippen LogP contribution in [0.5, 0.6) is 0 Å². The van der Waals surface area contributed by atoms with Gasteiger partial charge < -0.3 is 9.47 Å². The molecule has 1 saturated carbocycles. The molecule has 0 atom stereocenters. The van der Waals surface area contributed by atoms with Crippen molar-refractivity contribution in [2.45, 2.75) is 25.8 Å². The molecule has 0 radical (unpaired) electrons. The van der Waals surface area contributed by atoms with Crippen molar-refractivity contribution in [3.8, 4) is 0 Å². The van der Waals surface area contributed by atoms with E-state index in [1.54, 1.807) is 6.33 Å². The van der Waals surface area contributed by atoms with E-state index in [1.165, 1.54) is 6.42 Å². The highest BCUT2D eigenvalue weighted by atomic mass is 16.2. The molecule has 6 nitrogen and oxygen atoms in total. The van der Waals surface area contributed by atoms with Crippen molar-refractivity contribution in [2.24, 2.45) is 13.0 Å². The Hall–Kier alpha value is -1.43. The van der Waals surface area contributed by atoms with E-state index >= 15 is 0 Å². The number of piperazine rings is 1. The summed E-state index contributed by atoms with van der Waals surface area (Å²) in [5.41, 5.74) is 0. The summed E-state index contributed by atoms with van der Waals surface area (Å²) in [6.07, 6.45) is 5.14. The van der Waals surface area contributed by atoms with Gasteiger partial charge in [0.05, 0.1) is 6.54 Å². The number of amides is 1. The molecule has 104 valence electrons. The molecule has 0 spiro atoms. The third-order valence-electron chi connectivity index (χ3n) is 4.31. The second-order valence-electron chi connectivity index (χ2n) is 5.59. The Kier molecular flexibility index (Phi) is 3.50. The highest BCUT2D eigenvalue weighted by Crippen LogP contribution is 2.28. The topological polar surface area (TPSA) is 54.3 Å². The molecular formula is C13H21N5O. The lowest BCUT2D eigenvalue weighted by molar-refractivity contribution is -0.140. The number of carbonyl (C=O) groups is 1. The lowest BCUT2D eigenvalue weighted by Gasteiger charge is -2.38. The molecule has 1 amide bonds. The summed E-state index contributed by atoms with van der Waals surface area (Å²) >= 11 is 0. The van der Waals surface area contributed by atoms with Gasteiger partial charge in [0.15, 0.2) is 0 Å². The molecule has 2 fully saturated rings. The van der Waals surface area contributed by atoms with E-state index in [-0.39, 0.29) is 0 Å². The number of nitrogens with zero attached hydrogens (tertiary/aromatic N) is 5.